The molecule has 29 heavy (non-hydrogen) atoms. The van der Waals surface area contributed by atoms with Crippen LogP contribution in [0.4, 0.5) is 21.0 Å². The molecule has 0 aliphatic carbocycles. The van der Waals surface area contributed by atoms with Crippen molar-refractivity contribution in [3.8, 4) is 5.75 Å². The van der Waals surface area contributed by atoms with E-state index in [9.17, 15) is 24.6 Å². The van der Waals surface area contributed by atoms with Crippen LogP contribution >= 0.6 is 0 Å². The number of carboxylic acid groups (broad SMARTS) is 2. The number of amides is 3. The zero-order valence-corrected chi connectivity index (χ0v) is 17.9. The summed E-state index contributed by atoms with van der Waals surface area (Å²) in [6, 6.07) is 3.74. The number of hydrogen-bond acceptors (Lipinski definition) is 4. The third-order valence-corrected chi connectivity index (χ3v) is 4.68. The van der Waals surface area contributed by atoms with Gasteiger partial charge in [-0.25, -0.2) is 9.59 Å². The van der Waals surface area contributed by atoms with Gasteiger partial charge in [0.05, 0.1) is 5.69 Å². The number of hydrogen-bond donors (Lipinski definition) is 2. The molecule has 0 saturated heterocycles. The maximum absolute atomic E-state index is 13.1. The maximum atomic E-state index is 13.1. The van der Waals surface area contributed by atoms with Crippen LogP contribution in [-0.4, -0.2) is 64.0 Å². The highest BCUT2D eigenvalue weighted by Gasteiger charge is 2.42. The molecule has 1 aromatic carbocycles. The van der Waals surface area contributed by atoms with Crippen molar-refractivity contribution >= 4 is 29.5 Å². The Kier molecular flexibility index (Phi) is 5.74. The predicted octanol–water partition coefficient (Wildman–Crippen LogP) is 3.47. The molecule has 1 heterocycles. The molecule has 1 aliphatic rings. The molecule has 1 aromatic rings. The first-order chi connectivity index (χ1) is 13.2. The van der Waals surface area contributed by atoms with E-state index >= 15 is 0 Å². The van der Waals surface area contributed by atoms with Gasteiger partial charge in [-0.15, -0.1) is 0 Å². The summed E-state index contributed by atoms with van der Waals surface area (Å²) < 4.78 is 5.78. The normalized spacial score (nSPS) is 17.1. The summed E-state index contributed by atoms with van der Waals surface area (Å²) in [7, 11) is 1.53. The van der Waals surface area contributed by atoms with Gasteiger partial charge in [0.15, 0.2) is 0 Å². The van der Waals surface area contributed by atoms with Gasteiger partial charge >= 0.3 is 12.2 Å². The van der Waals surface area contributed by atoms with Crippen LogP contribution in [0.1, 0.15) is 41.5 Å². The van der Waals surface area contributed by atoms with Gasteiger partial charge in [0.25, 0.3) is 5.91 Å². The van der Waals surface area contributed by atoms with E-state index in [1.807, 2.05) is 0 Å². The molecule has 1 atom stereocenters. The molecule has 0 fully saturated rings. The summed E-state index contributed by atoms with van der Waals surface area (Å²) in [5.41, 5.74) is -0.755. The number of carbonyl (C=O) groups is 3. The van der Waals surface area contributed by atoms with Gasteiger partial charge in [-0.05, 0) is 59.7 Å². The number of rotatable bonds is 2. The zero-order valence-electron chi connectivity index (χ0n) is 17.9. The molecule has 0 radical (unpaired) electrons. The zero-order chi connectivity index (χ0) is 22.3. The van der Waals surface area contributed by atoms with Crippen LogP contribution < -0.4 is 14.5 Å². The SMILES string of the molecule is CN1C(=O)[C@@H](N(C(=O)O)C(C)(C)C)COc2ccc(N(C(=O)O)C(C)(C)C)cc21. The molecule has 0 saturated carbocycles. The Morgan fingerprint density at radius 1 is 1.07 bits per heavy atom. The first-order valence-electron chi connectivity index (χ1n) is 9.26. The van der Waals surface area contributed by atoms with Crippen molar-refractivity contribution < 1.29 is 29.3 Å². The molecule has 0 unspecified atom stereocenters. The maximum Gasteiger partial charge on any atom is 0.412 e. The van der Waals surface area contributed by atoms with Gasteiger partial charge in [0, 0.05) is 23.8 Å². The minimum absolute atomic E-state index is 0.138. The topological polar surface area (TPSA) is 111 Å². The van der Waals surface area contributed by atoms with E-state index in [-0.39, 0.29) is 6.61 Å². The number of nitrogens with zero attached hydrogens (tertiary/aromatic N) is 3. The van der Waals surface area contributed by atoms with Crippen LogP contribution in [0.25, 0.3) is 0 Å². The number of anilines is 2. The number of carbonyl (C=O) groups excluding carboxylic acids is 1. The predicted molar refractivity (Wildman–Crippen MR) is 109 cm³/mol. The van der Waals surface area contributed by atoms with Crippen LogP contribution in [0.2, 0.25) is 0 Å². The Labute approximate surface area is 170 Å². The molecule has 0 spiro atoms. The van der Waals surface area contributed by atoms with Gasteiger partial charge in [-0.2, -0.15) is 0 Å². The average molecular weight is 407 g/mol. The first kappa shape index (κ1) is 22.3. The summed E-state index contributed by atoms with van der Waals surface area (Å²) in [6.45, 7) is 10.3. The first-order valence-corrected chi connectivity index (χ1v) is 9.26. The summed E-state index contributed by atoms with van der Waals surface area (Å²) >= 11 is 0. The van der Waals surface area contributed by atoms with Crippen molar-refractivity contribution in [2.24, 2.45) is 0 Å². The molecule has 0 bridgehead atoms. The third-order valence-electron chi connectivity index (χ3n) is 4.68. The van der Waals surface area contributed by atoms with Gasteiger partial charge in [0.2, 0.25) is 0 Å². The molecule has 9 heteroatoms. The second-order valence-electron chi connectivity index (χ2n) is 8.99. The molecule has 2 N–H and O–H groups in total. The molecular weight excluding hydrogens is 378 g/mol. The lowest BCUT2D eigenvalue weighted by Gasteiger charge is -2.38. The van der Waals surface area contributed by atoms with Crippen molar-refractivity contribution in [1.82, 2.24) is 4.90 Å². The second-order valence-corrected chi connectivity index (χ2v) is 8.99. The Morgan fingerprint density at radius 3 is 2.10 bits per heavy atom. The van der Waals surface area contributed by atoms with Gasteiger partial charge < -0.3 is 19.8 Å². The Hall–Kier alpha value is -2.97. The highest BCUT2D eigenvalue weighted by atomic mass is 16.5. The van der Waals surface area contributed by atoms with Crippen LogP contribution in [-0.2, 0) is 4.79 Å². The van der Waals surface area contributed by atoms with Crippen molar-refractivity contribution in [3.63, 3.8) is 0 Å². The molecule has 2 rings (SSSR count). The van der Waals surface area contributed by atoms with Crippen molar-refractivity contribution in [2.45, 2.75) is 58.7 Å². The molecular formula is C20H29N3O6. The van der Waals surface area contributed by atoms with Gasteiger partial charge in [-0.1, -0.05) is 0 Å². The summed E-state index contributed by atoms with van der Waals surface area (Å²) in [6.07, 6.45) is -2.34. The quantitative estimate of drug-likeness (QED) is 0.777. The largest absolute Gasteiger partial charge is 0.489 e. The van der Waals surface area contributed by atoms with Gasteiger partial charge in [-0.3, -0.25) is 14.6 Å². The fourth-order valence-electron chi connectivity index (χ4n) is 3.47. The fraction of sp³-hybridized carbons (Fsp3) is 0.550. The van der Waals surface area contributed by atoms with Crippen molar-refractivity contribution in [3.05, 3.63) is 18.2 Å². The smallest absolute Gasteiger partial charge is 0.412 e. The lowest BCUT2D eigenvalue weighted by molar-refractivity contribution is -0.125. The van der Waals surface area contributed by atoms with E-state index in [2.05, 4.69) is 0 Å². The van der Waals surface area contributed by atoms with E-state index in [1.54, 1.807) is 59.7 Å². The van der Waals surface area contributed by atoms with E-state index in [4.69, 9.17) is 4.74 Å². The van der Waals surface area contributed by atoms with Crippen molar-refractivity contribution in [2.75, 3.05) is 23.5 Å². The number of fused-ring (bicyclic) bond motifs is 1. The average Bonchev–Trinajstić information content (AvgIpc) is 2.64. The minimum Gasteiger partial charge on any atom is -0.489 e. The lowest BCUT2D eigenvalue weighted by atomic mass is 10.0. The monoisotopic (exact) mass is 407 g/mol. The van der Waals surface area contributed by atoms with Crippen LogP contribution in [0.5, 0.6) is 5.75 Å². The minimum atomic E-state index is -1.22. The van der Waals surface area contributed by atoms with E-state index in [0.29, 0.717) is 17.1 Å². The number of likely N-dealkylation sites (N-methyl/N-ethyl adjacent to an activating group) is 1. The highest BCUT2D eigenvalue weighted by Crippen LogP contribution is 2.37. The summed E-state index contributed by atoms with van der Waals surface area (Å²) in [5.74, 6) is -0.0681. The van der Waals surface area contributed by atoms with E-state index < -0.39 is 35.2 Å². The number of benzene rings is 1. The third kappa shape index (κ3) is 4.38. The lowest BCUT2D eigenvalue weighted by Crippen LogP contribution is -2.58. The Balaban J connectivity index is 2.50. The summed E-state index contributed by atoms with van der Waals surface area (Å²) in [4.78, 5) is 40.4. The Bertz CT molecular complexity index is 824. The molecule has 9 nitrogen and oxygen atoms in total. The second kappa shape index (κ2) is 7.46. The fourth-order valence-corrected chi connectivity index (χ4v) is 3.47. The highest BCUT2D eigenvalue weighted by molar-refractivity contribution is 6.01. The van der Waals surface area contributed by atoms with Crippen LogP contribution in [0.15, 0.2) is 18.2 Å². The number of ether oxygens (including phenoxy) is 1. The van der Waals surface area contributed by atoms with Crippen LogP contribution in [0.3, 0.4) is 0 Å². The van der Waals surface area contributed by atoms with Gasteiger partial charge in [0.1, 0.15) is 18.4 Å². The van der Waals surface area contributed by atoms with E-state index in [1.165, 1.54) is 16.8 Å². The molecule has 1 aliphatic heterocycles. The van der Waals surface area contributed by atoms with Crippen molar-refractivity contribution in [1.29, 1.82) is 0 Å². The molecule has 160 valence electrons. The van der Waals surface area contributed by atoms with E-state index in [0.717, 1.165) is 4.90 Å². The molecule has 0 aromatic heterocycles. The van der Waals surface area contributed by atoms with Crippen LogP contribution in [0, 0.1) is 0 Å². The Morgan fingerprint density at radius 2 is 1.66 bits per heavy atom. The summed E-state index contributed by atoms with van der Waals surface area (Å²) in [5, 5.41) is 19.3. The standard InChI is InChI=1S/C20H29N3O6/c1-19(2,3)22(17(25)26)12-8-9-15-13(10-12)21(7)16(24)14(11-29-15)23(18(27)28)20(4,5)6/h8-10,14H,11H2,1-7H3,(H,25,26)(H,27,28)/t14-/m0/s1. The molecule has 3 amide bonds.